The number of aliphatic carboxylic acids is 1. The lowest BCUT2D eigenvalue weighted by molar-refractivity contribution is -0.138. The van der Waals surface area contributed by atoms with E-state index in [1.54, 1.807) is 6.20 Å². The molecule has 2 aromatic heterocycles. The van der Waals surface area contributed by atoms with Gasteiger partial charge in [-0.1, -0.05) is 44.2 Å². The first kappa shape index (κ1) is 22.8. The van der Waals surface area contributed by atoms with Gasteiger partial charge in [0.05, 0.1) is 17.5 Å². The van der Waals surface area contributed by atoms with E-state index in [9.17, 15) is 18.0 Å². The van der Waals surface area contributed by atoms with Gasteiger partial charge in [-0.25, -0.2) is 9.97 Å². The highest BCUT2D eigenvalue weighted by atomic mass is 19.4. The lowest BCUT2D eigenvalue weighted by Crippen LogP contribution is -2.04. The molecular formula is C23H26F3N3O2. The molecule has 0 bridgehead atoms. The first-order chi connectivity index (χ1) is 14.8. The van der Waals surface area contributed by atoms with Gasteiger partial charge in [0, 0.05) is 18.2 Å². The third-order valence-electron chi connectivity index (χ3n) is 5.30. The zero-order valence-corrected chi connectivity index (χ0v) is 17.2. The minimum atomic E-state index is -4.36. The van der Waals surface area contributed by atoms with Crippen molar-refractivity contribution in [2.45, 2.75) is 64.0 Å². The fourth-order valence-electron chi connectivity index (χ4n) is 3.58. The molecule has 2 heterocycles. The quantitative estimate of drug-likeness (QED) is 0.343. The number of unbranched alkanes of at least 4 members (excludes halogenated alkanes) is 6. The third-order valence-corrected chi connectivity index (χ3v) is 5.30. The molecular weight excluding hydrogens is 407 g/mol. The van der Waals surface area contributed by atoms with Crippen LogP contribution in [0, 0.1) is 0 Å². The molecule has 0 saturated carbocycles. The van der Waals surface area contributed by atoms with Crippen molar-refractivity contribution in [3.63, 3.8) is 0 Å². The number of carboxylic acid groups (broad SMARTS) is 1. The topological polar surface area (TPSA) is 78.9 Å². The molecule has 0 aliphatic rings. The van der Waals surface area contributed by atoms with Gasteiger partial charge in [0.2, 0.25) is 0 Å². The number of nitrogens with zero attached hydrogens (tertiary/aromatic N) is 2. The molecule has 0 spiro atoms. The van der Waals surface area contributed by atoms with Gasteiger partial charge in [-0.3, -0.25) is 4.79 Å². The van der Waals surface area contributed by atoms with Gasteiger partial charge in [0.1, 0.15) is 5.52 Å². The molecule has 0 radical (unpaired) electrons. The number of alkyl halides is 3. The van der Waals surface area contributed by atoms with Crippen LogP contribution in [-0.2, 0) is 17.4 Å². The molecule has 0 atom stereocenters. The van der Waals surface area contributed by atoms with Gasteiger partial charge in [0.15, 0.2) is 5.65 Å². The van der Waals surface area contributed by atoms with Gasteiger partial charge in [0.25, 0.3) is 0 Å². The Kier molecular flexibility index (Phi) is 7.65. The second-order valence-electron chi connectivity index (χ2n) is 7.71. The summed E-state index contributed by atoms with van der Waals surface area (Å²) in [7, 11) is 0. The van der Waals surface area contributed by atoms with Gasteiger partial charge in [-0.05, 0) is 37.0 Å². The summed E-state index contributed by atoms with van der Waals surface area (Å²) in [5.41, 5.74) is 2.93. The minimum Gasteiger partial charge on any atom is -0.481 e. The Morgan fingerprint density at radius 2 is 1.61 bits per heavy atom. The fraction of sp³-hybridized carbons (Fsp3) is 0.435. The number of H-pyrrole nitrogens is 1. The largest absolute Gasteiger partial charge is 0.481 e. The van der Waals surface area contributed by atoms with Crippen molar-refractivity contribution < 1.29 is 23.1 Å². The zero-order chi connectivity index (χ0) is 22.3. The average Bonchev–Trinajstić information content (AvgIpc) is 3.14. The highest BCUT2D eigenvalue weighted by Gasteiger charge is 2.30. The zero-order valence-electron chi connectivity index (χ0n) is 17.2. The summed E-state index contributed by atoms with van der Waals surface area (Å²) in [6, 6.07) is 4.95. The average molecular weight is 433 g/mol. The number of fused-ring (bicyclic) bond motifs is 1. The molecule has 5 nitrogen and oxygen atoms in total. The van der Waals surface area contributed by atoms with Crippen LogP contribution in [-0.4, -0.2) is 26.0 Å². The molecule has 0 fully saturated rings. The number of benzene rings is 1. The second kappa shape index (κ2) is 10.4. The Morgan fingerprint density at radius 1 is 0.968 bits per heavy atom. The van der Waals surface area contributed by atoms with E-state index in [1.807, 2.05) is 6.20 Å². The summed E-state index contributed by atoms with van der Waals surface area (Å²) in [4.78, 5) is 22.6. The van der Waals surface area contributed by atoms with Crippen LogP contribution >= 0.6 is 0 Å². The van der Waals surface area contributed by atoms with Gasteiger partial charge in [-0.15, -0.1) is 0 Å². The number of halogens is 3. The smallest absolute Gasteiger partial charge is 0.416 e. The first-order valence-corrected chi connectivity index (χ1v) is 10.6. The Morgan fingerprint density at radius 3 is 2.26 bits per heavy atom. The molecule has 0 amide bonds. The van der Waals surface area contributed by atoms with Crippen LogP contribution in [0.4, 0.5) is 13.2 Å². The number of carboxylic acids is 1. The molecule has 31 heavy (non-hydrogen) atoms. The maximum Gasteiger partial charge on any atom is 0.416 e. The first-order valence-electron chi connectivity index (χ1n) is 10.6. The van der Waals surface area contributed by atoms with Crippen molar-refractivity contribution in [3.8, 4) is 11.3 Å². The number of aromatic amines is 1. The normalized spacial score (nSPS) is 11.8. The summed E-state index contributed by atoms with van der Waals surface area (Å²) in [5.74, 6) is -0.733. The number of rotatable bonds is 11. The van der Waals surface area contributed by atoms with Crippen LogP contribution in [0.3, 0.4) is 0 Å². The number of aryl methyl sites for hydroxylation is 1. The number of carbonyl (C=O) groups is 1. The number of hydrogen-bond acceptors (Lipinski definition) is 3. The van der Waals surface area contributed by atoms with E-state index in [4.69, 9.17) is 5.11 Å². The van der Waals surface area contributed by atoms with E-state index in [0.29, 0.717) is 16.9 Å². The van der Waals surface area contributed by atoms with Crippen LogP contribution in [0.2, 0.25) is 0 Å². The van der Waals surface area contributed by atoms with E-state index in [0.717, 1.165) is 74.6 Å². The van der Waals surface area contributed by atoms with Gasteiger partial charge in [-0.2, -0.15) is 13.2 Å². The van der Waals surface area contributed by atoms with E-state index in [2.05, 4.69) is 15.0 Å². The van der Waals surface area contributed by atoms with Crippen molar-refractivity contribution in [3.05, 3.63) is 47.8 Å². The SMILES string of the molecule is O=C(O)CCCCCCCCCc1c[nH]c2ncc(-c3ccc(C(F)(F)F)cc3)nc12. The summed E-state index contributed by atoms with van der Waals surface area (Å²) in [6.07, 6.45) is 7.25. The van der Waals surface area contributed by atoms with Crippen molar-refractivity contribution in [1.29, 1.82) is 0 Å². The summed E-state index contributed by atoms with van der Waals surface area (Å²) < 4.78 is 38.3. The summed E-state index contributed by atoms with van der Waals surface area (Å²) >= 11 is 0. The minimum absolute atomic E-state index is 0.246. The molecule has 0 aliphatic heterocycles. The predicted octanol–water partition coefficient (Wildman–Crippen LogP) is 6.39. The molecule has 166 valence electrons. The highest BCUT2D eigenvalue weighted by Crippen LogP contribution is 2.31. The van der Waals surface area contributed by atoms with Crippen LogP contribution in [0.15, 0.2) is 36.7 Å². The number of aromatic nitrogens is 3. The van der Waals surface area contributed by atoms with Crippen LogP contribution in [0.25, 0.3) is 22.4 Å². The fourth-order valence-corrected chi connectivity index (χ4v) is 3.58. The highest BCUT2D eigenvalue weighted by molar-refractivity contribution is 5.78. The van der Waals surface area contributed by atoms with E-state index in [1.165, 1.54) is 12.1 Å². The molecule has 8 heteroatoms. The van der Waals surface area contributed by atoms with Crippen molar-refractivity contribution in [1.82, 2.24) is 15.0 Å². The molecule has 2 N–H and O–H groups in total. The summed E-state index contributed by atoms with van der Waals surface area (Å²) in [5, 5.41) is 8.62. The maximum absolute atomic E-state index is 12.8. The van der Waals surface area contributed by atoms with Crippen LogP contribution in [0.5, 0.6) is 0 Å². The van der Waals surface area contributed by atoms with Gasteiger partial charge < -0.3 is 10.1 Å². The van der Waals surface area contributed by atoms with Crippen LogP contribution in [0.1, 0.15) is 62.5 Å². The van der Waals surface area contributed by atoms with Gasteiger partial charge >= 0.3 is 12.1 Å². The van der Waals surface area contributed by atoms with E-state index < -0.39 is 17.7 Å². The molecule has 1 aromatic carbocycles. The Bertz CT molecular complexity index is 997. The lowest BCUT2D eigenvalue weighted by Gasteiger charge is -2.07. The van der Waals surface area contributed by atoms with Crippen molar-refractivity contribution in [2.75, 3.05) is 0 Å². The maximum atomic E-state index is 12.8. The van der Waals surface area contributed by atoms with E-state index in [-0.39, 0.29) is 6.42 Å². The number of hydrogen-bond donors (Lipinski definition) is 2. The molecule has 0 aliphatic carbocycles. The van der Waals surface area contributed by atoms with Crippen LogP contribution < -0.4 is 0 Å². The Labute approximate surface area is 178 Å². The monoisotopic (exact) mass is 433 g/mol. The lowest BCUT2D eigenvalue weighted by atomic mass is 10.0. The third kappa shape index (κ3) is 6.54. The van der Waals surface area contributed by atoms with Crippen molar-refractivity contribution >= 4 is 17.1 Å². The van der Waals surface area contributed by atoms with E-state index >= 15 is 0 Å². The van der Waals surface area contributed by atoms with Crippen molar-refractivity contribution in [2.24, 2.45) is 0 Å². The number of nitrogens with one attached hydrogen (secondary N) is 1. The molecule has 0 unspecified atom stereocenters. The molecule has 0 saturated heterocycles. The Balaban J connectivity index is 1.53. The molecule has 3 rings (SSSR count). The second-order valence-corrected chi connectivity index (χ2v) is 7.71. The summed E-state index contributed by atoms with van der Waals surface area (Å²) in [6.45, 7) is 0. The molecule has 3 aromatic rings. The predicted molar refractivity (Wildman–Crippen MR) is 113 cm³/mol. The standard InChI is InChI=1S/C23H26F3N3O2/c24-23(25,26)18-12-10-16(11-13-18)19-15-28-22-21(29-19)17(14-27-22)8-6-4-2-1-3-5-7-9-20(30)31/h10-15H,1-9H2,(H,27,28)(H,30,31). The Hall–Kier alpha value is -2.90.